The second-order valence-electron chi connectivity index (χ2n) is 4.35. The van der Waals surface area contributed by atoms with Gasteiger partial charge in [-0.1, -0.05) is 30.7 Å². The summed E-state index contributed by atoms with van der Waals surface area (Å²) in [7, 11) is 0. The van der Waals surface area contributed by atoms with Crippen LogP contribution in [0.2, 0.25) is 5.15 Å². The van der Waals surface area contributed by atoms with Gasteiger partial charge in [0.05, 0.1) is 9.26 Å². The molecule has 1 atom stereocenters. The molecule has 6 heteroatoms. The lowest BCUT2D eigenvalue weighted by atomic mass is 10.3. The van der Waals surface area contributed by atoms with Gasteiger partial charge in [0.2, 0.25) is 0 Å². The van der Waals surface area contributed by atoms with Crippen molar-refractivity contribution < 1.29 is 4.74 Å². The Kier molecular flexibility index (Phi) is 4.37. The summed E-state index contributed by atoms with van der Waals surface area (Å²) in [5.74, 6) is 2.37. The van der Waals surface area contributed by atoms with Crippen molar-refractivity contribution in [1.29, 1.82) is 0 Å². The Morgan fingerprint density at radius 3 is 3.00 bits per heavy atom. The zero-order valence-corrected chi connectivity index (χ0v) is 14.5. The molecule has 1 aromatic carbocycles. The molecule has 0 radical (unpaired) electrons. The number of hydrogen-bond donors (Lipinski definition) is 0. The van der Waals surface area contributed by atoms with Crippen LogP contribution in [0.3, 0.4) is 0 Å². The Labute approximate surface area is 140 Å². The van der Waals surface area contributed by atoms with Gasteiger partial charge < -0.3 is 4.74 Å². The van der Waals surface area contributed by atoms with Crippen molar-refractivity contribution in [1.82, 2.24) is 9.97 Å². The average Bonchev–Trinajstić information content (AvgIpc) is 2.49. The number of hydrogen-bond acceptors (Lipinski definition) is 4. The van der Waals surface area contributed by atoms with Crippen molar-refractivity contribution in [3.63, 3.8) is 0 Å². The highest BCUT2D eigenvalue weighted by Gasteiger charge is 2.25. The number of nitrogens with zero attached hydrogens (tertiary/aromatic N) is 2. The zero-order chi connectivity index (χ0) is 14.1. The normalized spacial score (nSPS) is 17.4. The number of ether oxygens (including phenoxy) is 1. The molecule has 1 aliphatic heterocycles. The van der Waals surface area contributed by atoms with Gasteiger partial charge in [-0.2, -0.15) is 0 Å². The lowest BCUT2D eigenvalue weighted by Crippen LogP contribution is -2.19. The number of rotatable bonds is 2. The van der Waals surface area contributed by atoms with Crippen molar-refractivity contribution in [3.8, 4) is 5.75 Å². The third-order valence-corrected chi connectivity index (χ3v) is 5.87. The van der Waals surface area contributed by atoms with Crippen LogP contribution in [0.5, 0.6) is 5.75 Å². The van der Waals surface area contributed by atoms with E-state index in [-0.39, 0.29) is 6.10 Å². The maximum absolute atomic E-state index is 6.20. The predicted molar refractivity (Wildman–Crippen MR) is 89.7 cm³/mol. The van der Waals surface area contributed by atoms with Gasteiger partial charge in [-0.05, 0) is 41.1 Å². The van der Waals surface area contributed by atoms with Gasteiger partial charge in [-0.25, -0.2) is 9.97 Å². The molecule has 0 bridgehead atoms. The highest BCUT2D eigenvalue weighted by Crippen LogP contribution is 2.39. The van der Waals surface area contributed by atoms with E-state index in [0.29, 0.717) is 11.0 Å². The molecule has 0 saturated heterocycles. The number of aryl methyl sites for hydroxylation is 1. The summed E-state index contributed by atoms with van der Waals surface area (Å²) in [6.45, 7) is 2.07. The summed E-state index contributed by atoms with van der Waals surface area (Å²) in [6.07, 6.45) is 0.693. The zero-order valence-electron chi connectivity index (χ0n) is 10.8. The van der Waals surface area contributed by atoms with Crippen LogP contribution in [-0.4, -0.2) is 15.7 Å². The predicted octanol–water partition coefficient (Wildman–Crippen LogP) is 4.52. The van der Waals surface area contributed by atoms with Crippen LogP contribution in [-0.2, 0) is 6.42 Å². The Bertz CT molecular complexity index is 653. The molecule has 2 aromatic rings. The number of para-hydroxylation sites is 1. The van der Waals surface area contributed by atoms with Gasteiger partial charge in [0, 0.05) is 10.6 Å². The van der Waals surface area contributed by atoms with Gasteiger partial charge in [-0.15, -0.1) is 11.8 Å². The molecular formula is C14H12ClIN2OS. The summed E-state index contributed by atoms with van der Waals surface area (Å²) in [4.78, 5) is 10.2. The average molecular weight is 419 g/mol. The van der Waals surface area contributed by atoms with Crippen molar-refractivity contribution in [2.75, 3.05) is 5.75 Å². The SMILES string of the molecule is CCc1nc(C2CSc3ccccc3O2)nc(Cl)c1I. The quantitative estimate of drug-likeness (QED) is 0.530. The van der Waals surface area contributed by atoms with Crippen LogP contribution in [0.25, 0.3) is 0 Å². The Balaban J connectivity index is 1.93. The number of thioether (sulfide) groups is 1. The third kappa shape index (κ3) is 2.76. The lowest BCUT2D eigenvalue weighted by molar-refractivity contribution is 0.210. The van der Waals surface area contributed by atoms with E-state index in [0.717, 1.165) is 32.1 Å². The van der Waals surface area contributed by atoms with Gasteiger partial charge in [0.15, 0.2) is 11.9 Å². The van der Waals surface area contributed by atoms with E-state index < -0.39 is 0 Å². The molecule has 3 nitrogen and oxygen atoms in total. The van der Waals surface area contributed by atoms with E-state index >= 15 is 0 Å². The number of fused-ring (bicyclic) bond motifs is 1. The van der Waals surface area contributed by atoms with Crippen LogP contribution in [0.15, 0.2) is 29.2 Å². The van der Waals surface area contributed by atoms with Crippen LogP contribution in [0.4, 0.5) is 0 Å². The molecule has 0 fully saturated rings. The molecule has 0 aliphatic carbocycles. The van der Waals surface area contributed by atoms with E-state index in [1.807, 2.05) is 18.2 Å². The van der Waals surface area contributed by atoms with Crippen molar-refractivity contribution in [2.24, 2.45) is 0 Å². The minimum absolute atomic E-state index is 0.144. The minimum Gasteiger partial charge on any atom is -0.480 e. The second-order valence-corrected chi connectivity index (χ2v) is 6.85. The van der Waals surface area contributed by atoms with Gasteiger partial charge in [0.1, 0.15) is 10.9 Å². The maximum atomic E-state index is 6.20. The van der Waals surface area contributed by atoms with Crippen molar-refractivity contribution >= 4 is 46.0 Å². The topological polar surface area (TPSA) is 35.0 Å². The van der Waals surface area contributed by atoms with Crippen LogP contribution in [0.1, 0.15) is 24.5 Å². The number of halogens is 2. The highest BCUT2D eigenvalue weighted by molar-refractivity contribution is 14.1. The largest absolute Gasteiger partial charge is 0.480 e. The molecule has 0 saturated carbocycles. The standard InChI is InChI=1S/C14H12ClIN2OS/c1-2-8-12(16)13(15)18-14(17-8)10-7-20-11-6-4-3-5-9(11)19-10/h3-6,10H,2,7H2,1H3. The fourth-order valence-electron chi connectivity index (χ4n) is 2.01. The van der Waals surface area contributed by atoms with Gasteiger partial charge in [-0.3, -0.25) is 0 Å². The first-order valence-corrected chi connectivity index (χ1v) is 8.73. The maximum Gasteiger partial charge on any atom is 0.172 e. The van der Waals surface area contributed by atoms with E-state index in [1.165, 1.54) is 0 Å². The first-order chi connectivity index (χ1) is 9.69. The molecule has 1 aliphatic rings. The molecule has 1 unspecified atom stereocenters. The smallest absolute Gasteiger partial charge is 0.172 e. The molecule has 1 aromatic heterocycles. The molecule has 3 rings (SSSR count). The minimum atomic E-state index is -0.144. The number of aromatic nitrogens is 2. The van der Waals surface area contributed by atoms with E-state index in [4.69, 9.17) is 16.3 Å². The van der Waals surface area contributed by atoms with E-state index in [1.54, 1.807) is 11.8 Å². The Hall–Kier alpha value is -0.530. The Morgan fingerprint density at radius 2 is 2.20 bits per heavy atom. The molecule has 2 heterocycles. The first kappa shape index (κ1) is 14.4. The third-order valence-electron chi connectivity index (χ3n) is 3.03. The molecule has 104 valence electrons. The summed E-state index contributed by atoms with van der Waals surface area (Å²) >= 11 is 10.2. The van der Waals surface area contributed by atoms with Crippen molar-refractivity contribution in [2.45, 2.75) is 24.3 Å². The highest BCUT2D eigenvalue weighted by atomic mass is 127. The molecule has 20 heavy (non-hydrogen) atoms. The van der Waals surface area contributed by atoms with Crippen molar-refractivity contribution in [3.05, 3.63) is 44.5 Å². The summed E-state index contributed by atoms with van der Waals surface area (Å²) in [5, 5.41) is 0.514. The van der Waals surface area contributed by atoms with Crippen LogP contribution in [0, 0.1) is 3.57 Å². The fourth-order valence-corrected chi connectivity index (χ4v) is 3.81. The summed E-state index contributed by atoms with van der Waals surface area (Å²) < 4.78 is 6.94. The van der Waals surface area contributed by atoms with Crippen LogP contribution < -0.4 is 4.74 Å². The van der Waals surface area contributed by atoms with E-state index in [9.17, 15) is 0 Å². The lowest BCUT2D eigenvalue weighted by Gasteiger charge is -2.24. The fraction of sp³-hybridized carbons (Fsp3) is 0.286. The first-order valence-electron chi connectivity index (χ1n) is 6.29. The van der Waals surface area contributed by atoms with E-state index in [2.05, 4.69) is 45.5 Å². The van der Waals surface area contributed by atoms with Gasteiger partial charge in [0.25, 0.3) is 0 Å². The number of benzene rings is 1. The Morgan fingerprint density at radius 1 is 1.40 bits per heavy atom. The van der Waals surface area contributed by atoms with Gasteiger partial charge >= 0.3 is 0 Å². The van der Waals surface area contributed by atoms with Crippen LogP contribution >= 0.6 is 46.0 Å². The second kappa shape index (κ2) is 6.07. The molecule has 0 N–H and O–H groups in total. The molecule has 0 amide bonds. The summed E-state index contributed by atoms with van der Waals surface area (Å²) in [6, 6.07) is 8.03. The summed E-state index contributed by atoms with van der Waals surface area (Å²) in [5.41, 5.74) is 0.980. The monoisotopic (exact) mass is 418 g/mol. The molecular weight excluding hydrogens is 407 g/mol. The molecule has 0 spiro atoms.